The van der Waals surface area contributed by atoms with Crippen molar-refractivity contribution < 1.29 is 9.53 Å². The maximum absolute atomic E-state index is 12.5. The van der Waals surface area contributed by atoms with Gasteiger partial charge in [-0.2, -0.15) is 0 Å². The minimum absolute atomic E-state index is 0.174. The lowest BCUT2D eigenvalue weighted by Crippen LogP contribution is -2.41. The summed E-state index contributed by atoms with van der Waals surface area (Å²) in [4.78, 5) is 16.9. The van der Waals surface area contributed by atoms with Gasteiger partial charge in [-0.3, -0.25) is 4.79 Å². The molecule has 2 aromatic rings. The van der Waals surface area contributed by atoms with Crippen molar-refractivity contribution >= 4 is 11.6 Å². The van der Waals surface area contributed by atoms with E-state index in [1.165, 1.54) is 31.2 Å². The van der Waals surface area contributed by atoms with Crippen LogP contribution in [0.3, 0.4) is 0 Å². The quantitative estimate of drug-likeness (QED) is 0.613. The van der Waals surface area contributed by atoms with Crippen molar-refractivity contribution in [1.82, 2.24) is 4.90 Å². The van der Waals surface area contributed by atoms with Crippen LogP contribution < -0.4 is 9.64 Å². The molecule has 1 aliphatic rings. The third-order valence-electron chi connectivity index (χ3n) is 6.02. The van der Waals surface area contributed by atoms with Crippen molar-refractivity contribution in [2.24, 2.45) is 5.92 Å². The van der Waals surface area contributed by atoms with E-state index in [-0.39, 0.29) is 5.91 Å². The summed E-state index contributed by atoms with van der Waals surface area (Å²) < 4.78 is 5.24. The van der Waals surface area contributed by atoms with Gasteiger partial charge in [-0.25, -0.2) is 0 Å². The van der Waals surface area contributed by atoms with E-state index in [4.69, 9.17) is 4.74 Å². The van der Waals surface area contributed by atoms with Gasteiger partial charge < -0.3 is 14.5 Å². The lowest BCUT2D eigenvalue weighted by Gasteiger charge is -2.33. The molecular formula is C25H34N2O2. The van der Waals surface area contributed by atoms with Crippen LogP contribution in [0, 0.1) is 5.92 Å². The topological polar surface area (TPSA) is 32.8 Å². The summed E-state index contributed by atoms with van der Waals surface area (Å²) in [6, 6.07) is 18.6. The van der Waals surface area contributed by atoms with Crippen molar-refractivity contribution in [3.8, 4) is 5.75 Å². The van der Waals surface area contributed by atoms with Gasteiger partial charge in [0, 0.05) is 25.2 Å². The molecule has 0 N–H and O–H groups in total. The first-order valence-electron chi connectivity index (χ1n) is 10.9. The van der Waals surface area contributed by atoms with Crippen LogP contribution in [0.2, 0.25) is 0 Å². The third-order valence-corrected chi connectivity index (χ3v) is 6.02. The van der Waals surface area contributed by atoms with Gasteiger partial charge >= 0.3 is 0 Å². The summed E-state index contributed by atoms with van der Waals surface area (Å²) in [7, 11) is 1.66. The number of methoxy groups -OCH3 is 1. The van der Waals surface area contributed by atoms with E-state index in [0.717, 1.165) is 43.5 Å². The molecule has 29 heavy (non-hydrogen) atoms. The Balaban J connectivity index is 1.46. The van der Waals surface area contributed by atoms with Crippen LogP contribution in [0.4, 0.5) is 5.69 Å². The second-order valence-corrected chi connectivity index (χ2v) is 7.91. The summed E-state index contributed by atoms with van der Waals surface area (Å²) in [6.07, 6.45) is 5.51. The second kappa shape index (κ2) is 11.0. The fourth-order valence-corrected chi connectivity index (χ4v) is 4.11. The number of piperidine rings is 1. The molecule has 1 heterocycles. The molecule has 0 radical (unpaired) electrons. The number of anilines is 1. The molecule has 156 valence electrons. The molecule has 0 bridgehead atoms. The number of carbonyl (C=O) groups excluding carboxylic acids is 1. The number of carbonyl (C=O) groups is 1. The lowest BCUT2D eigenvalue weighted by atomic mass is 9.90. The number of nitrogens with zero attached hydrogens (tertiary/aromatic N) is 2. The highest BCUT2D eigenvalue weighted by Crippen LogP contribution is 2.23. The fraction of sp³-hybridized carbons (Fsp3) is 0.480. The molecule has 1 fully saturated rings. The predicted octanol–water partition coefficient (Wildman–Crippen LogP) is 4.78. The summed E-state index contributed by atoms with van der Waals surface area (Å²) in [6.45, 7) is 5.88. The normalized spacial score (nSPS) is 15.2. The van der Waals surface area contributed by atoms with Crippen LogP contribution in [-0.2, 0) is 11.2 Å². The number of hydrogen-bond acceptors (Lipinski definition) is 3. The zero-order valence-corrected chi connectivity index (χ0v) is 17.8. The highest BCUT2D eigenvalue weighted by Gasteiger charge is 2.21. The Kier molecular flexibility index (Phi) is 8.12. The Labute approximate surface area is 175 Å². The highest BCUT2D eigenvalue weighted by atomic mass is 16.5. The van der Waals surface area contributed by atoms with Gasteiger partial charge in [0.1, 0.15) is 5.75 Å². The first-order chi connectivity index (χ1) is 14.2. The zero-order valence-electron chi connectivity index (χ0n) is 17.8. The van der Waals surface area contributed by atoms with E-state index in [0.29, 0.717) is 6.42 Å². The first kappa shape index (κ1) is 21.4. The second-order valence-electron chi connectivity index (χ2n) is 7.91. The van der Waals surface area contributed by atoms with E-state index in [1.807, 2.05) is 36.1 Å². The average Bonchev–Trinajstić information content (AvgIpc) is 2.79. The smallest absolute Gasteiger partial charge is 0.226 e. The molecule has 0 aliphatic carbocycles. The van der Waals surface area contributed by atoms with Crippen molar-refractivity contribution in [1.29, 1.82) is 0 Å². The summed E-state index contributed by atoms with van der Waals surface area (Å²) in [5, 5.41) is 0. The maximum Gasteiger partial charge on any atom is 0.226 e. The minimum Gasteiger partial charge on any atom is -0.497 e. The number of rotatable bonds is 9. The highest BCUT2D eigenvalue weighted by molar-refractivity contribution is 5.93. The number of benzene rings is 2. The molecule has 0 aromatic heterocycles. The summed E-state index contributed by atoms with van der Waals surface area (Å²) in [5.74, 6) is 1.81. The number of aryl methyl sites for hydroxylation is 1. The largest absolute Gasteiger partial charge is 0.497 e. The Bertz CT molecular complexity index is 737. The summed E-state index contributed by atoms with van der Waals surface area (Å²) in [5.41, 5.74) is 2.40. The van der Waals surface area contributed by atoms with Crippen molar-refractivity contribution in [2.45, 2.75) is 39.0 Å². The SMILES string of the molecule is CCC(=O)N(CCN1CCC(CCc2ccccc2)CC1)c1ccc(OC)cc1. The molecule has 4 heteroatoms. The van der Waals surface area contributed by atoms with Crippen LogP contribution in [-0.4, -0.2) is 44.1 Å². The molecule has 0 unspecified atom stereocenters. The third kappa shape index (κ3) is 6.33. The van der Waals surface area contributed by atoms with E-state index in [9.17, 15) is 4.79 Å². The average molecular weight is 395 g/mol. The zero-order chi connectivity index (χ0) is 20.5. The Hall–Kier alpha value is -2.33. The van der Waals surface area contributed by atoms with Crippen molar-refractivity contribution in [3.63, 3.8) is 0 Å². The molecular weight excluding hydrogens is 360 g/mol. The first-order valence-corrected chi connectivity index (χ1v) is 10.9. The van der Waals surface area contributed by atoms with E-state index in [1.54, 1.807) is 7.11 Å². The van der Waals surface area contributed by atoms with E-state index < -0.39 is 0 Å². The van der Waals surface area contributed by atoms with Crippen molar-refractivity contribution in [2.75, 3.05) is 38.2 Å². The predicted molar refractivity (Wildman–Crippen MR) is 120 cm³/mol. The number of hydrogen-bond donors (Lipinski definition) is 0. The Morgan fingerprint density at radius 2 is 1.76 bits per heavy atom. The molecule has 0 atom stereocenters. The molecule has 0 spiro atoms. The number of likely N-dealkylation sites (tertiary alicyclic amines) is 1. The van der Waals surface area contributed by atoms with Gasteiger partial charge in [-0.05, 0) is 74.5 Å². The molecule has 1 aliphatic heterocycles. The molecule has 0 saturated carbocycles. The maximum atomic E-state index is 12.5. The molecule has 4 nitrogen and oxygen atoms in total. The van der Waals surface area contributed by atoms with Gasteiger partial charge in [0.15, 0.2) is 0 Å². The van der Waals surface area contributed by atoms with Gasteiger partial charge in [0.05, 0.1) is 7.11 Å². The number of amides is 1. The standard InChI is InChI=1S/C25H34N2O2/c1-3-25(28)27(23-11-13-24(29-2)14-12-23)20-19-26-17-15-22(16-18-26)10-9-21-7-5-4-6-8-21/h4-8,11-14,22H,3,9-10,15-20H2,1-2H3. The van der Waals surface area contributed by atoms with Gasteiger partial charge in [-0.1, -0.05) is 37.3 Å². The Morgan fingerprint density at radius 3 is 2.38 bits per heavy atom. The van der Waals surface area contributed by atoms with Crippen LogP contribution >= 0.6 is 0 Å². The molecule has 1 saturated heterocycles. The molecule has 1 amide bonds. The van der Waals surface area contributed by atoms with Crippen LogP contribution in [0.5, 0.6) is 5.75 Å². The number of ether oxygens (including phenoxy) is 1. The van der Waals surface area contributed by atoms with Crippen LogP contribution in [0.15, 0.2) is 54.6 Å². The van der Waals surface area contributed by atoms with E-state index in [2.05, 4.69) is 35.2 Å². The Morgan fingerprint density at radius 1 is 1.07 bits per heavy atom. The molecule has 3 rings (SSSR count). The molecule has 2 aromatic carbocycles. The van der Waals surface area contributed by atoms with Gasteiger partial charge in [0.25, 0.3) is 0 Å². The monoisotopic (exact) mass is 394 g/mol. The van der Waals surface area contributed by atoms with Gasteiger partial charge in [-0.15, -0.1) is 0 Å². The van der Waals surface area contributed by atoms with Crippen molar-refractivity contribution in [3.05, 3.63) is 60.2 Å². The van der Waals surface area contributed by atoms with Gasteiger partial charge in [0.2, 0.25) is 5.91 Å². The van der Waals surface area contributed by atoms with E-state index >= 15 is 0 Å². The lowest BCUT2D eigenvalue weighted by molar-refractivity contribution is -0.118. The van der Waals surface area contributed by atoms with Crippen LogP contribution in [0.1, 0.15) is 38.2 Å². The summed E-state index contributed by atoms with van der Waals surface area (Å²) >= 11 is 0. The van der Waals surface area contributed by atoms with Crippen LogP contribution in [0.25, 0.3) is 0 Å². The minimum atomic E-state index is 0.174. The fourth-order valence-electron chi connectivity index (χ4n) is 4.11.